The Morgan fingerprint density at radius 1 is 1.28 bits per heavy atom. The lowest BCUT2D eigenvalue weighted by Crippen LogP contribution is -2.13. The number of nitrogens with zero attached hydrogens (tertiary/aromatic N) is 2. The summed E-state index contributed by atoms with van der Waals surface area (Å²) in [4.78, 5) is 18.0. The molecular weight excluding hydrogens is 359 g/mol. The Kier molecular flexibility index (Phi) is 5.55. The third-order valence-electron chi connectivity index (χ3n) is 3.62. The number of thiazole rings is 1. The van der Waals surface area contributed by atoms with Gasteiger partial charge in [-0.1, -0.05) is 17.4 Å². The van der Waals surface area contributed by atoms with E-state index in [1.54, 1.807) is 19.2 Å². The second kappa shape index (κ2) is 7.84. The van der Waals surface area contributed by atoms with Gasteiger partial charge in [0.25, 0.3) is 0 Å². The number of thioether (sulfide) groups is 1. The Balaban J connectivity index is 1.72. The van der Waals surface area contributed by atoms with Crippen molar-refractivity contribution in [3.05, 3.63) is 53.1 Å². The van der Waals surface area contributed by atoms with E-state index in [2.05, 4.69) is 4.99 Å². The van der Waals surface area contributed by atoms with Gasteiger partial charge < -0.3 is 9.30 Å². The van der Waals surface area contributed by atoms with Gasteiger partial charge in [-0.3, -0.25) is 4.79 Å². The fourth-order valence-electron chi connectivity index (χ4n) is 2.39. The number of aromatic nitrogens is 1. The van der Waals surface area contributed by atoms with E-state index in [0.29, 0.717) is 17.0 Å². The fourth-order valence-corrected chi connectivity index (χ4v) is 4.28. The van der Waals surface area contributed by atoms with Gasteiger partial charge in [0, 0.05) is 24.1 Å². The highest BCUT2D eigenvalue weighted by atomic mass is 32.2. The quantitative estimate of drug-likeness (QED) is 0.632. The molecule has 0 spiro atoms. The van der Waals surface area contributed by atoms with E-state index >= 15 is 0 Å². The van der Waals surface area contributed by atoms with Crippen molar-refractivity contribution >= 4 is 39.2 Å². The van der Waals surface area contributed by atoms with Crippen LogP contribution in [0.3, 0.4) is 0 Å². The second-order valence-corrected chi connectivity index (χ2v) is 7.49. The van der Waals surface area contributed by atoms with Gasteiger partial charge in [0.15, 0.2) is 4.80 Å². The Morgan fingerprint density at radius 3 is 2.76 bits per heavy atom. The molecule has 0 N–H and O–H groups in total. The van der Waals surface area contributed by atoms with E-state index < -0.39 is 0 Å². The number of hydrogen-bond donors (Lipinski definition) is 0. The van der Waals surface area contributed by atoms with Gasteiger partial charge in [-0.25, -0.2) is 4.39 Å². The summed E-state index contributed by atoms with van der Waals surface area (Å²) in [6.45, 7) is 0. The van der Waals surface area contributed by atoms with Gasteiger partial charge in [-0.15, -0.1) is 11.8 Å². The van der Waals surface area contributed by atoms with E-state index in [-0.39, 0.29) is 11.7 Å². The maximum atomic E-state index is 12.9. The first-order valence-corrected chi connectivity index (χ1v) is 9.47. The predicted molar refractivity (Wildman–Crippen MR) is 99.7 cm³/mol. The molecule has 130 valence electrons. The van der Waals surface area contributed by atoms with Gasteiger partial charge in [-0.05, 0) is 36.4 Å². The molecule has 0 fully saturated rings. The number of methoxy groups -OCH3 is 1. The number of para-hydroxylation sites is 1. The molecule has 7 heteroatoms. The first-order chi connectivity index (χ1) is 12.1. The summed E-state index contributed by atoms with van der Waals surface area (Å²) in [6, 6.07) is 12.0. The first kappa shape index (κ1) is 17.7. The topological polar surface area (TPSA) is 43.6 Å². The van der Waals surface area contributed by atoms with Crippen molar-refractivity contribution in [3.8, 4) is 5.75 Å². The zero-order valence-electron chi connectivity index (χ0n) is 13.9. The minimum Gasteiger partial charge on any atom is -0.495 e. The minimum absolute atomic E-state index is 0.171. The summed E-state index contributed by atoms with van der Waals surface area (Å²) >= 11 is 2.97. The van der Waals surface area contributed by atoms with E-state index in [4.69, 9.17) is 4.74 Å². The highest BCUT2D eigenvalue weighted by Crippen LogP contribution is 2.26. The largest absolute Gasteiger partial charge is 0.495 e. The lowest BCUT2D eigenvalue weighted by atomic mass is 10.3. The zero-order chi connectivity index (χ0) is 17.8. The Labute approximate surface area is 153 Å². The third kappa shape index (κ3) is 4.11. The van der Waals surface area contributed by atoms with Crippen LogP contribution in [0.15, 0.2) is 52.4 Å². The van der Waals surface area contributed by atoms with Crippen molar-refractivity contribution in [3.63, 3.8) is 0 Å². The molecule has 2 aromatic carbocycles. The Hall–Kier alpha value is -2.12. The van der Waals surface area contributed by atoms with Crippen LogP contribution in [0.4, 0.5) is 4.39 Å². The number of fused-ring (bicyclic) bond motifs is 1. The molecule has 0 bridgehead atoms. The fraction of sp³-hybridized carbons (Fsp3) is 0.222. The number of halogens is 1. The molecular formula is C18H17FN2O2S2. The number of ether oxygens (including phenoxy) is 1. The van der Waals surface area contributed by atoms with Crippen molar-refractivity contribution in [1.82, 2.24) is 4.57 Å². The van der Waals surface area contributed by atoms with E-state index in [1.807, 2.05) is 29.8 Å². The molecule has 0 saturated heterocycles. The Morgan fingerprint density at radius 2 is 2.04 bits per heavy atom. The van der Waals surface area contributed by atoms with E-state index in [0.717, 1.165) is 20.9 Å². The van der Waals surface area contributed by atoms with Crippen molar-refractivity contribution in [2.45, 2.75) is 11.3 Å². The number of carbonyl (C=O) groups is 1. The molecule has 4 nitrogen and oxygen atoms in total. The molecule has 1 heterocycles. The van der Waals surface area contributed by atoms with Gasteiger partial charge in [-0.2, -0.15) is 4.99 Å². The van der Waals surface area contributed by atoms with Crippen LogP contribution < -0.4 is 9.54 Å². The van der Waals surface area contributed by atoms with Gasteiger partial charge in [0.1, 0.15) is 17.1 Å². The number of amides is 1. The lowest BCUT2D eigenvalue weighted by Gasteiger charge is -2.03. The van der Waals surface area contributed by atoms with Gasteiger partial charge in [0.05, 0.1) is 11.8 Å². The third-order valence-corrected chi connectivity index (χ3v) is 5.73. The highest BCUT2D eigenvalue weighted by Gasteiger charge is 2.09. The van der Waals surface area contributed by atoms with Crippen LogP contribution in [0.2, 0.25) is 0 Å². The smallest absolute Gasteiger partial charge is 0.249 e. The summed E-state index contributed by atoms with van der Waals surface area (Å²) in [5.41, 5.74) is 0.933. The number of aryl methyl sites for hydroxylation is 1. The van der Waals surface area contributed by atoms with Crippen LogP contribution in [0.1, 0.15) is 6.42 Å². The molecule has 1 aromatic heterocycles. The lowest BCUT2D eigenvalue weighted by molar-refractivity contribution is -0.117. The zero-order valence-corrected chi connectivity index (χ0v) is 15.5. The van der Waals surface area contributed by atoms with Crippen LogP contribution in [0.5, 0.6) is 5.75 Å². The van der Waals surface area contributed by atoms with Crippen molar-refractivity contribution < 1.29 is 13.9 Å². The SMILES string of the molecule is COc1cccc2sc(=NC(=O)CCSc3ccc(F)cc3)n(C)c12. The Bertz CT molecular complexity index is 961. The molecule has 0 aliphatic rings. The van der Waals surface area contributed by atoms with Crippen LogP contribution in [-0.4, -0.2) is 23.3 Å². The number of hydrogen-bond acceptors (Lipinski definition) is 4. The second-order valence-electron chi connectivity index (χ2n) is 5.31. The number of carbonyl (C=O) groups excluding carboxylic acids is 1. The molecule has 3 rings (SSSR count). The van der Waals surface area contributed by atoms with Gasteiger partial charge >= 0.3 is 0 Å². The van der Waals surface area contributed by atoms with Crippen LogP contribution >= 0.6 is 23.1 Å². The maximum absolute atomic E-state index is 12.9. The summed E-state index contributed by atoms with van der Waals surface area (Å²) < 4.78 is 21.1. The monoisotopic (exact) mass is 376 g/mol. The number of benzene rings is 2. The minimum atomic E-state index is -0.261. The number of rotatable bonds is 5. The van der Waals surface area contributed by atoms with Crippen LogP contribution in [0.25, 0.3) is 10.2 Å². The standard InChI is InChI=1S/C18H17FN2O2S2/c1-21-17-14(23-2)4-3-5-15(17)25-18(21)20-16(22)10-11-24-13-8-6-12(19)7-9-13/h3-9H,10-11H2,1-2H3. The molecule has 1 amide bonds. The molecule has 3 aromatic rings. The summed E-state index contributed by atoms with van der Waals surface area (Å²) in [5, 5.41) is 0. The van der Waals surface area contributed by atoms with Crippen molar-refractivity contribution in [1.29, 1.82) is 0 Å². The molecule has 25 heavy (non-hydrogen) atoms. The normalized spacial score (nSPS) is 11.9. The molecule has 0 radical (unpaired) electrons. The summed E-state index contributed by atoms with van der Waals surface area (Å²) in [6.07, 6.45) is 0.327. The average molecular weight is 376 g/mol. The maximum Gasteiger partial charge on any atom is 0.249 e. The van der Waals surface area contributed by atoms with E-state index in [9.17, 15) is 9.18 Å². The summed E-state index contributed by atoms with van der Waals surface area (Å²) in [5.74, 6) is 0.933. The molecule has 0 aliphatic heterocycles. The van der Waals surface area contributed by atoms with Gasteiger partial charge in [0.2, 0.25) is 5.91 Å². The predicted octanol–water partition coefficient (Wildman–Crippen LogP) is 4.00. The molecule has 0 unspecified atom stereocenters. The highest BCUT2D eigenvalue weighted by molar-refractivity contribution is 7.99. The van der Waals surface area contributed by atoms with Crippen LogP contribution in [0, 0.1) is 5.82 Å². The molecule has 0 saturated carbocycles. The van der Waals surface area contributed by atoms with Crippen molar-refractivity contribution in [2.75, 3.05) is 12.9 Å². The molecule has 0 atom stereocenters. The average Bonchev–Trinajstić information content (AvgIpc) is 2.92. The van der Waals surface area contributed by atoms with Crippen molar-refractivity contribution in [2.24, 2.45) is 12.0 Å². The van der Waals surface area contributed by atoms with Crippen LogP contribution in [-0.2, 0) is 11.8 Å². The first-order valence-electron chi connectivity index (χ1n) is 7.67. The van der Waals surface area contributed by atoms with E-state index in [1.165, 1.54) is 35.2 Å². The summed E-state index contributed by atoms with van der Waals surface area (Å²) in [7, 11) is 3.50. The molecule has 0 aliphatic carbocycles.